The van der Waals surface area contributed by atoms with Gasteiger partial charge in [0.2, 0.25) is 0 Å². The lowest BCUT2D eigenvalue weighted by atomic mass is 10.0. The number of ether oxygens (including phenoxy) is 2. The van der Waals surface area contributed by atoms with Gasteiger partial charge in [-0.3, -0.25) is 0 Å². The van der Waals surface area contributed by atoms with Crippen LogP contribution in [0.2, 0.25) is 0 Å². The fourth-order valence-electron chi connectivity index (χ4n) is 2.46. The molecule has 0 amide bonds. The second-order valence-electron chi connectivity index (χ2n) is 4.99. The van der Waals surface area contributed by atoms with Gasteiger partial charge in [0, 0.05) is 13.1 Å². The number of benzene rings is 2. The maximum absolute atomic E-state index is 6.26. The molecule has 0 bridgehead atoms. The molecule has 0 saturated carbocycles. The third-order valence-electron chi connectivity index (χ3n) is 3.51. The lowest BCUT2D eigenvalue weighted by Crippen LogP contribution is -2.43. The Labute approximate surface area is 133 Å². The highest BCUT2D eigenvalue weighted by atomic mass is 74.9. The fraction of sp³-hybridized carbons (Fsp3) is 0.294. The van der Waals surface area contributed by atoms with Crippen molar-refractivity contribution in [3.05, 3.63) is 64.6 Å². The monoisotopic (exact) mass is 343 g/mol. The zero-order valence-corrected chi connectivity index (χ0v) is 13.3. The summed E-state index contributed by atoms with van der Waals surface area (Å²) in [5.41, 5.74) is 1.13. The largest absolute Gasteiger partial charge is 0.482 e. The lowest BCUT2D eigenvalue weighted by molar-refractivity contribution is -0.0434. The van der Waals surface area contributed by atoms with Crippen LogP contribution in [0.3, 0.4) is 0 Å². The summed E-state index contributed by atoms with van der Waals surface area (Å²) in [4.78, 5) is 0. The van der Waals surface area contributed by atoms with Crippen molar-refractivity contribution in [3.8, 4) is 5.75 Å². The maximum atomic E-state index is 6.26. The van der Waals surface area contributed by atoms with Crippen LogP contribution >= 0.6 is 15.9 Å². The summed E-state index contributed by atoms with van der Waals surface area (Å²) < 4.78 is 13.1. The molecule has 0 unspecified atom stereocenters. The van der Waals surface area contributed by atoms with Gasteiger partial charge >= 0.3 is 0 Å². The van der Waals surface area contributed by atoms with Gasteiger partial charge in [0.15, 0.2) is 6.10 Å². The summed E-state index contributed by atoms with van der Waals surface area (Å²) in [7, 11) is 0. The smallest absolute Gasteiger partial charge is 0.151 e. The van der Waals surface area contributed by atoms with Crippen molar-refractivity contribution in [2.45, 2.75) is 12.2 Å². The summed E-state index contributed by atoms with van der Waals surface area (Å²) in [5, 5.41) is 3.37. The molecule has 0 aromatic heterocycles. The van der Waals surface area contributed by atoms with Crippen LogP contribution in [-0.4, -0.2) is 25.8 Å². The van der Waals surface area contributed by atoms with Gasteiger partial charge in [-0.05, 0) is 33.6 Å². The van der Waals surface area contributed by atoms with Crippen LogP contribution in [0, 0.1) is 0 Å². The van der Waals surface area contributed by atoms with E-state index in [0.717, 1.165) is 28.9 Å². The second kappa shape index (κ2) is 7.07. The average molecular weight is 343 g/mol. The van der Waals surface area contributed by atoms with E-state index in [1.807, 2.05) is 42.5 Å². The van der Waals surface area contributed by atoms with Gasteiger partial charge in [-0.15, -0.1) is 0 Å². The molecule has 3 rings (SSSR count). The second-order valence-corrected chi connectivity index (χ2v) is 5.85. The number of morpholine rings is 1. The normalized spacial score (nSPS) is 20.0. The number of hydrogen-bond acceptors (Lipinski definition) is 3. The van der Waals surface area contributed by atoms with Crippen LogP contribution in [0.15, 0.2) is 59.1 Å². The first kappa shape index (κ1) is 14.6. The highest BCUT2D eigenvalue weighted by Gasteiger charge is 2.28. The quantitative estimate of drug-likeness (QED) is 0.921. The van der Waals surface area contributed by atoms with Crippen LogP contribution in [-0.2, 0) is 4.74 Å². The van der Waals surface area contributed by atoms with E-state index >= 15 is 0 Å². The van der Waals surface area contributed by atoms with Gasteiger partial charge in [-0.2, -0.15) is 0 Å². The molecule has 1 saturated heterocycles. The van der Waals surface area contributed by atoms with E-state index in [2.05, 4.69) is 33.4 Å². The average Bonchev–Trinajstić information content (AvgIpc) is 2.56. The highest BCUT2D eigenvalue weighted by molar-refractivity contribution is 9.10. The predicted molar refractivity (Wildman–Crippen MR) is 86.6 cm³/mol. The van der Waals surface area contributed by atoms with Gasteiger partial charge in [-0.1, -0.05) is 42.5 Å². The van der Waals surface area contributed by atoms with Gasteiger partial charge in [0.25, 0.3) is 0 Å². The molecule has 1 aliphatic heterocycles. The Kier molecular flexibility index (Phi) is 4.91. The summed E-state index contributed by atoms with van der Waals surface area (Å²) in [5.74, 6) is 0.834. The Bertz CT molecular complexity index is 570. The van der Waals surface area contributed by atoms with E-state index < -0.39 is 0 Å². The zero-order chi connectivity index (χ0) is 14.5. The minimum Gasteiger partial charge on any atom is -0.482 e. The molecule has 0 radical (unpaired) electrons. The molecular weight excluding hydrogens is 325 g/mol. The molecule has 2 atom stereocenters. The predicted octanol–water partition coefficient (Wildman–Crippen LogP) is 3.56. The molecule has 3 nitrogen and oxygen atoms in total. The SMILES string of the molecule is [75Br]c1ccccc1O[C@@H](c1ccccc1)[C@H]1CNCCO1. The Hall–Kier alpha value is -1.36. The van der Waals surface area contributed by atoms with Crippen LogP contribution < -0.4 is 10.1 Å². The van der Waals surface area contributed by atoms with Crippen LogP contribution in [0.5, 0.6) is 5.75 Å². The van der Waals surface area contributed by atoms with Crippen molar-refractivity contribution in [3.63, 3.8) is 0 Å². The van der Waals surface area contributed by atoms with Crippen molar-refractivity contribution < 1.29 is 9.47 Å². The number of nitrogens with one attached hydrogen (secondary N) is 1. The highest BCUT2D eigenvalue weighted by Crippen LogP contribution is 2.31. The summed E-state index contributed by atoms with van der Waals surface area (Å²) >= 11 is 3.54. The Balaban J connectivity index is 1.87. The number of halogens is 1. The zero-order valence-electron chi connectivity index (χ0n) is 11.7. The number of hydrogen-bond donors (Lipinski definition) is 1. The molecule has 4 heteroatoms. The summed E-state index contributed by atoms with van der Waals surface area (Å²) in [6.07, 6.45) is -0.119. The van der Waals surface area contributed by atoms with Crippen molar-refractivity contribution in [2.24, 2.45) is 0 Å². The lowest BCUT2D eigenvalue weighted by Gasteiger charge is -2.31. The van der Waals surface area contributed by atoms with E-state index in [1.165, 1.54) is 0 Å². The third-order valence-corrected chi connectivity index (χ3v) is 4.17. The summed E-state index contributed by atoms with van der Waals surface area (Å²) in [6, 6.07) is 18.1. The summed E-state index contributed by atoms with van der Waals surface area (Å²) in [6.45, 7) is 2.41. The van der Waals surface area contributed by atoms with E-state index in [9.17, 15) is 0 Å². The Morgan fingerprint density at radius 3 is 2.57 bits per heavy atom. The molecule has 2 aromatic carbocycles. The number of rotatable bonds is 4. The van der Waals surface area contributed by atoms with Crippen LogP contribution in [0.25, 0.3) is 0 Å². The molecule has 0 aliphatic carbocycles. The van der Waals surface area contributed by atoms with E-state index in [-0.39, 0.29) is 12.2 Å². The van der Waals surface area contributed by atoms with E-state index in [4.69, 9.17) is 9.47 Å². The van der Waals surface area contributed by atoms with Crippen molar-refractivity contribution in [1.29, 1.82) is 0 Å². The molecule has 1 heterocycles. The van der Waals surface area contributed by atoms with Crippen LogP contribution in [0.1, 0.15) is 11.7 Å². The minimum atomic E-state index is -0.127. The number of para-hydroxylation sites is 1. The maximum Gasteiger partial charge on any atom is 0.151 e. The van der Waals surface area contributed by atoms with Gasteiger partial charge in [0.05, 0.1) is 11.1 Å². The van der Waals surface area contributed by atoms with Crippen molar-refractivity contribution >= 4 is 15.9 Å². The van der Waals surface area contributed by atoms with E-state index in [1.54, 1.807) is 0 Å². The molecule has 110 valence electrons. The standard InChI is InChI=1S/C17H18BrNO2/c18-14-8-4-5-9-15(14)21-17(13-6-2-1-3-7-13)16-12-19-10-11-20-16/h1-9,16-17,19H,10-12H2/t16-,17+/m1/s1/i18-5. The van der Waals surface area contributed by atoms with Crippen LogP contribution in [0.4, 0.5) is 0 Å². The third kappa shape index (κ3) is 3.64. The molecular formula is C17H18BrNO2. The molecule has 1 fully saturated rings. The van der Waals surface area contributed by atoms with Gasteiger partial charge < -0.3 is 14.8 Å². The fourth-order valence-corrected chi connectivity index (χ4v) is 2.84. The first-order valence-corrected chi connectivity index (χ1v) is 7.92. The van der Waals surface area contributed by atoms with E-state index in [0.29, 0.717) is 6.61 Å². The Morgan fingerprint density at radius 2 is 1.86 bits per heavy atom. The molecule has 21 heavy (non-hydrogen) atoms. The molecule has 0 spiro atoms. The first-order chi connectivity index (χ1) is 10.3. The Morgan fingerprint density at radius 1 is 1.10 bits per heavy atom. The first-order valence-electron chi connectivity index (χ1n) is 7.13. The van der Waals surface area contributed by atoms with Gasteiger partial charge in [-0.25, -0.2) is 0 Å². The minimum absolute atomic E-state index is 0.00764. The van der Waals surface area contributed by atoms with Crippen molar-refractivity contribution in [1.82, 2.24) is 5.32 Å². The molecule has 2 aromatic rings. The topological polar surface area (TPSA) is 30.5 Å². The van der Waals surface area contributed by atoms with Crippen molar-refractivity contribution in [2.75, 3.05) is 19.7 Å². The molecule has 1 N–H and O–H groups in total. The molecule has 1 aliphatic rings. The van der Waals surface area contributed by atoms with Gasteiger partial charge in [0.1, 0.15) is 11.9 Å².